The smallest absolute Gasteiger partial charge is 0.243 e. The van der Waals surface area contributed by atoms with Gasteiger partial charge in [-0.05, 0) is 18.4 Å². The summed E-state index contributed by atoms with van der Waals surface area (Å²) >= 11 is 0. The summed E-state index contributed by atoms with van der Waals surface area (Å²) in [4.78, 5) is 10.8. The fourth-order valence-electron chi connectivity index (χ4n) is 0.888. The number of aliphatic hydroxyl groups is 1. The fourth-order valence-corrected chi connectivity index (χ4v) is 0.888. The van der Waals surface area contributed by atoms with Crippen molar-refractivity contribution < 1.29 is 14.6 Å². The van der Waals surface area contributed by atoms with E-state index in [0.29, 0.717) is 12.5 Å². The van der Waals surface area contributed by atoms with Crippen LogP contribution in [-0.2, 0) is 9.53 Å². The summed E-state index contributed by atoms with van der Waals surface area (Å²) in [6.45, 7) is 8.64. The lowest BCUT2D eigenvalue weighted by molar-refractivity contribution is -0.117. The largest absolute Gasteiger partial charge is 0.389 e. The van der Waals surface area contributed by atoms with Gasteiger partial charge in [0.1, 0.15) is 0 Å². The van der Waals surface area contributed by atoms with Gasteiger partial charge in [-0.3, -0.25) is 4.79 Å². The van der Waals surface area contributed by atoms with Crippen LogP contribution >= 0.6 is 0 Å². The zero-order valence-corrected chi connectivity index (χ0v) is 9.53. The van der Waals surface area contributed by atoms with Crippen LogP contribution in [0.15, 0.2) is 12.7 Å². The first-order valence-corrected chi connectivity index (χ1v) is 5.22. The number of ether oxygens (including phenoxy) is 1. The highest BCUT2D eigenvalue weighted by molar-refractivity contribution is 5.86. The summed E-state index contributed by atoms with van der Waals surface area (Å²) < 4.78 is 5.25. The van der Waals surface area contributed by atoms with Crippen molar-refractivity contribution in [3.05, 3.63) is 12.7 Å². The van der Waals surface area contributed by atoms with Crippen molar-refractivity contribution in [2.45, 2.75) is 26.4 Å². The van der Waals surface area contributed by atoms with Gasteiger partial charge in [0.15, 0.2) is 0 Å². The van der Waals surface area contributed by atoms with Crippen LogP contribution < -0.4 is 5.32 Å². The number of amides is 1. The minimum atomic E-state index is -0.652. The Bertz CT molecular complexity index is 192. The van der Waals surface area contributed by atoms with Crippen LogP contribution in [0.5, 0.6) is 0 Å². The molecule has 88 valence electrons. The second-order valence-corrected chi connectivity index (χ2v) is 3.86. The molecule has 0 saturated heterocycles. The molecule has 0 radical (unpaired) electrons. The minimum absolute atomic E-state index is 0.201. The number of carbonyl (C=O) groups excluding carboxylic acids is 1. The molecule has 1 atom stereocenters. The lowest BCUT2D eigenvalue weighted by Crippen LogP contribution is -2.33. The third-order valence-corrected chi connectivity index (χ3v) is 1.85. The van der Waals surface area contributed by atoms with E-state index in [9.17, 15) is 9.90 Å². The van der Waals surface area contributed by atoms with Crippen molar-refractivity contribution in [1.29, 1.82) is 0 Å². The third kappa shape index (κ3) is 9.43. The maximum Gasteiger partial charge on any atom is 0.243 e. The number of hydrogen-bond acceptors (Lipinski definition) is 3. The van der Waals surface area contributed by atoms with Gasteiger partial charge in [-0.15, -0.1) is 0 Å². The van der Waals surface area contributed by atoms with Gasteiger partial charge in [0.25, 0.3) is 0 Å². The van der Waals surface area contributed by atoms with Crippen molar-refractivity contribution in [1.82, 2.24) is 5.32 Å². The minimum Gasteiger partial charge on any atom is -0.389 e. The number of nitrogens with one attached hydrogen (secondary N) is 1. The second kappa shape index (κ2) is 8.44. The van der Waals surface area contributed by atoms with E-state index in [1.807, 2.05) is 0 Å². The average Bonchev–Trinajstić information content (AvgIpc) is 2.20. The summed E-state index contributed by atoms with van der Waals surface area (Å²) in [6, 6.07) is 0. The Balaban J connectivity index is 3.37. The van der Waals surface area contributed by atoms with Gasteiger partial charge in [0.05, 0.1) is 12.7 Å². The van der Waals surface area contributed by atoms with Crippen LogP contribution in [0, 0.1) is 5.92 Å². The SMILES string of the molecule is C=CC(=O)NCC(O)COCCC(C)C. The Morgan fingerprint density at radius 1 is 1.60 bits per heavy atom. The topological polar surface area (TPSA) is 58.6 Å². The molecule has 4 heteroatoms. The normalized spacial score (nSPS) is 12.5. The Hall–Kier alpha value is -0.870. The molecule has 0 fully saturated rings. The zero-order valence-electron chi connectivity index (χ0n) is 9.53. The van der Waals surface area contributed by atoms with Crippen LogP contribution in [0.3, 0.4) is 0 Å². The fraction of sp³-hybridized carbons (Fsp3) is 0.727. The monoisotopic (exact) mass is 215 g/mol. The number of rotatable bonds is 8. The van der Waals surface area contributed by atoms with E-state index in [1.54, 1.807) is 0 Å². The Labute approximate surface area is 91.3 Å². The summed E-state index contributed by atoms with van der Waals surface area (Å²) in [5.41, 5.74) is 0. The lowest BCUT2D eigenvalue weighted by atomic mass is 10.1. The van der Waals surface area contributed by atoms with Crippen LogP contribution in [0.25, 0.3) is 0 Å². The highest BCUT2D eigenvalue weighted by atomic mass is 16.5. The molecule has 2 N–H and O–H groups in total. The van der Waals surface area contributed by atoms with Gasteiger partial charge in [-0.25, -0.2) is 0 Å². The van der Waals surface area contributed by atoms with Crippen molar-refractivity contribution in [2.75, 3.05) is 19.8 Å². The molecule has 0 spiro atoms. The molecule has 0 saturated carbocycles. The summed E-state index contributed by atoms with van der Waals surface area (Å²) in [5.74, 6) is 0.318. The predicted molar refractivity (Wildman–Crippen MR) is 59.5 cm³/mol. The molecule has 15 heavy (non-hydrogen) atoms. The van der Waals surface area contributed by atoms with Gasteiger partial charge in [-0.2, -0.15) is 0 Å². The molecule has 0 aromatic heterocycles. The standard InChI is InChI=1S/C11H21NO3/c1-4-11(14)12-7-10(13)8-15-6-5-9(2)3/h4,9-10,13H,1,5-8H2,2-3H3,(H,12,14). The molecule has 0 rings (SSSR count). The lowest BCUT2D eigenvalue weighted by Gasteiger charge is -2.12. The van der Waals surface area contributed by atoms with E-state index < -0.39 is 6.10 Å². The van der Waals surface area contributed by atoms with Crippen LogP contribution in [0.1, 0.15) is 20.3 Å². The first-order valence-electron chi connectivity index (χ1n) is 5.22. The Kier molecular flexibility index (Phi) is 7.95. The van der Waals surface area contributed by atoms with E-state index in [-0.39, 0.29) is 19.1 Å². The van der Waals surface area contributed by atoms with E-state index in [1.165, 1.54) is 6.08 Å². The first kappa shape index (κ1) is 14.1. The van der Waals surface area contributed by atoms with Crippen LogP contribution in [0.4, 0.5) is 0 Å². The molecule has 0 heterocycles. The van der Waals surface area contributed by atoms with E-state index >= 15 is 0 Å². The maximum absolute atomic E-state index is 10.8. The molecule has 1 amide bonds. The molecule has 0 aromatic carbocycles. The first-order chi connectivity index (χ1) is 7.06. The van der Waals surface area contributed by atoms with Gasteiger partial charge < -0.3 is 15.2 Å². The van der Waals surface area contributed by atoms with Crippen molar-refractivity contribution in [2.24, 2.45) is 5.92 Å². The quantitative estimate of drug-likeness (QED) is 0.463. The molecule has 0 aliphatic carbocycles. The molecule has 0 aliphatic heterocycles. The average molecular weight is 215 g/mol. The van der Waals surface area contributed by atoms with Gasteiger partial charge in [0.2, 0.25) is 5.91 Å². The zero-order chi connectivity index (χ0) is 11.7. The molecule has 4 nitrogen and oxygen atoms in total. The molecule has 0 aromatic rings. The Morgan fingerprint density at radius 2 is 2.27 bits per heavy atom. The highest BCUT2D eigenvalue weighted by Gasteiger charge is 2.05. The van der Waals surface area contributed by atoms with E-state index in [4.69, 9.17) is 4.74 Å². The van der Waals surface area contributed by atoms with Gasteiger partial charge in [0, 0.05) is 13.2 Å². The predicted octanol–water partition coefficient (Wildman–Crippen LogP) is 0.712. The molecular formula is C11H21NO3. The van der Waals surface area contributed by atoms with Crippen LogP contribution in [-0.4, -0.2) is 36.9 Å². The molecule has 0 aliphatic rings. The van der Waals surface area contributed by atoms with E-state index in [2.05, 4.69) is 25.7 Å². The number of carbonyl (C=O) groups is 1. The summed E-state index contributed by atoms with van der Waals surface area (Å²) in [7, 11) is 0. The number of aliphatic hydroxyl groups excluding tert-OH is 1. The number of hydrogen-bond donors (Lipinski definition) is 2. The summed E-state index contributed by atoms with van der Waals surface area (Å²) in [5, 5.41) is 11.9. The van der Waals surface area contributed by atoms with Crippen LogP contribution in [0.2, 0.25) is 0 Å². The molecule has 0 bridgehead atoms. The molecular weight excluding hydrogens is 194 g/mol. The molecule has 1 unspecified atom stereocenters. The maximum atomic E-state index is 10.8. The highest BCUT2D eigenvalue weighted by Crippen LogP contribution is 1.99. The van der Waals surface area contributed by atoms with E-state index in [0.717, 1.165) is 6.42 Å². The van der Waals surface area contributed by atoms with Crippen molar-refractivity contribution in [3.63, 3.8) is 0 Å². The van der Waals surface area contributed by atoms with Crippen molar-refractivity contribution >= 4 is 5.91 Å². The summed E-state index contributed by atoms with van der Waals surface area (Å²) in [6.07, 6.45) is 1.50. The second-order valence-electron chi connectivity index (χ2n) is 3.86. The van der Waals surface area contributed by atoms with Crippen molar-refractivity contribution in [3.8, 4) is 0 Å². The van der Waals surface area contributed by atoms with Gasteiger partial charge >= 0.3 is 0 Å². The Morgan fingerprint density at radius 3 is 2.80 bits per heavy atom. The third-order valence-electron chi connectivity index (χ3n) is 1.85. The van der Waals surface area contributed by atoms with Gasteiger partial charge in [-0.1, -0.05) is 20.4 Å².